The second-order valence-corrected chi connectivity index (χ2v) is 6.58. The van der Waals surface area contributed by atoms with E-state index >= 15 is 0 Å². The highest BCUT2D eigenvalue weighted by molar-refractivity contribution is 9.10. The zero-order chi connectivity index (χ0) is 15.5. The van der Waals surface area contributed by atoms with E-state index in [1.54, 1.807) is 30.6 Å². The van der Waals surface area contributed by atoms with Crippen LogP contribution in [0.15, 0.2) is 58.2 Å². The number of carbonyl (C=O) groups excluding carboxylic acids is 2. The zero-order valence-electron chi connectivity index (χ0n) is 11.4. The summed E-state index contributed by atoms with van der Waals surface area (Å²) < 4.78 is 0.961. The Morgan fingerprint density at radius 3 is 2.45 bits per heavy atom. The third kappa shape index (κ3) is 3.28. The molecule has 0 bridgehead atoms. The van der Waals surface area contributed by atoms with Crippen LogP contribution < -0.4 is 0 Å². The fraction of sp³-hybridized carbons (Fsp3) is 0.0625. The Labute approximate surface area is 140 Å². The average Bonchev–Trinajstić information content (AvgIpc) is 2.78. The Bertz CT molecular complexity index is 745. The van der Waals surface area contributed by atoms with Gasteiger partial charge in [-0.1, -0.05) is 28.1 Å². The molecule has 1 fully saturated rings. The summed E-state index contributed by atoms with van der Waals surface area (Å²) in [6.45, 7) is 0.283. The number of halogens is 1. The monoisotopic (exact) mass is 374 g/mol. The Kier molecular flexibility index (Phi) is 4.40. The van der Waals surface area contributed by atoms with E-state index in [1.165, 1.54) is 4.90 Å². The van der Waals surface area contributed by atoms with E-state index < -0.39 is 0 Å². The molecule has 2 aromatic rings. The molecule has 1 saturated heterocycles. The highest BCUT2D eigenvalue weighted by atomic mass is 79.9. The maximum absolute atomic E-state index is 12.4. The van der Waals surface area contributed by atoms with Gasteiger partial charge in [-0.15, -0.1) is 0 Å². The summed E-state index contributed by atoms with van der Waals surface area (Å²) in [6, 6.07) is 11.1. The molecule has 6 heteroatoms. The Balaban J connectivity index is 1.80. The number of hydrogen-bond donors (Lipinski definition) is 0. The van der Waals surface area contributed by atoms with Gasteiger partial charge in [0.25, 0.3) is 11.1 Å². The first-order valence-electron chi connectivity index (χ1n) is 6.53. The van der Waals surface area contributed by atoms with Crippen molar-refractivity contribution >= 4 is 44.9 Å². The molecule has 4 nitrogen and oxygen atoms in total. The van der Waals surface area contributed by atoms with E-state index in [0.29, 0.717) is 4.91 Å². The minimum absolute atomic E-state index is 0.242. The van der Waals surface area contributed by atoms with Gasteiger partial charge in [0.1, 0.15) is 0 Å². The molecule has 2 heterocycles. The predicted molar refractivity (Wildman–Crippen MR) is 89.9 cm³/mol. The van der Waals surface area contributed by atoms with E-state index in [2.05, 4.69) is 20.9 Å². The molecule has 110 valence electrons. The van der Waals surface area contributed by atoms with Crippen LogP contribution in [0.4, 0.5) is 4.79 Å². The lowest BCUT2D eigenvalue weighted by molar-refractivity contribution is -0.123. The second-order valence-electron chi connectivity index (χ2n) is 4.67. The number of pyridine rings is 1. The summed E-state index contributed by atoms with van der Waals surface area (Å²) in [5.41, 5.74) is 1.76. The van der Waals surface area contributed by atoms with Crippen LogP contribution in [0.2, 0.25) is 0 Å². The number of imide groups is 1. The standard InChI is InChI=1S/C16H11BrN2O2S/c17-13-3-1-12(2-4-13)10-19-15(20)14(22-16(19)21)9-11-5-7-18-8-6-11/h1-9H,10H2/b14-9-. The van der Waals surface area contributed by atoms with Crippen molar-refractivity contribution in [2.45, 2.75) is 6.54 Å². The number of nitrogens with zero attached hydrogens (tertiary/aromatic N) is 2. The number of benzene rings is 1. The summed E-state index contributed by atoms with van der Waals surface area (Å²) >= 11 is 4.33. The Morgan fingerprint density at radius 2 is 1.77 bits per heavy atom. The normalized spacial score (nSPS) is 16.6. The lowest BCUT2D eigenvalue weighted by atomic mass is 10.2. The number of rotatable bonds is 3. The largest absolute Gasteiger partial charge is 0.293 e. The van der Waals surface area contributed by atoms with Crippen LogP contribution >= 0.6 is 27.7 Å². The molecule has 22 heavy (non-hydrogen) atoms. The van der Waals surface area contributed by atoms with Crippen molar-refractivity contribution in [1.29, 1.82) is 0 Å². The maximum Gasteiger partial charge on any atom is 0.293 e. The molecule has 3 rings (SSSR count). The van der Waals surface area contributed by atoms with Crippen LogP contribution in [0.1, 0.15) is 11.1 Å². The molecule has 0 N–H and O–H groups in total. The van der Waals surface area contributed by atoms with Crippen molar-refractivity contribution < 1.29 is 9.59 Å². The SMILES string of the molecule is O=C1S/C(=C\c2ccncc2)C(=O)N1Cc1ccc(Br)cc1. The van der Waals surface area contributed by atoms with Crippen LogP contribution in [-0.2, 0) is 11.3 Å². The van der Waals surface area contributed by atoms with Gasteiger partial charge in [-0.3, -0.25) is 19.5 Å². The minimum Gasteiger partial charge on any atom is -0.268 e. The van der Waals surface area contributed by atoms with E-state index in [4.69, 9.17) is 0 Å². The molecular weight excluding hydrogens is 364 g/mol. The molecular formula is C16H11BrN2O2S. The van der Waals surface area contributed by atoms with Crippen molar-refractivity contribution in [3.63, 3.8) is 0 Å². The topological polar surface area (TPSA) is 50.3 Å². The van der Waals surface area contributed by atoms with Crippen molar-refractivity contribution in [1.82, 2.24) is 9.88 Å². The number of hydrogen-bond acceptors (Lipinski definition) is 4. The van der Waals surface area contributed by atoms with Crippen LogP contribution in [0.25, 0.3) is 6.08 Å². The summed E-state index contributed by atoms with van der Waals surface area (Å²) in [5.74, 6) is -0.255. The van der Waals surface area contributed by atoms with E-state index in [0.717, 1.165) is 27.4 Å². The third-order valence-corrected chi connectivity index (χ3v) is 4.57. The molecule has 0 spiro atoms. The third-order valence-electron chi connectivity index (χ3n) is 3.13. The molecule has 2 amide bonds. The molecule has 0 unspecified atom stereocenters. The van der Waals surface area contributed by atoms with Crippen molar-refractivity contribution in [3.05, 3.63) is 69.3 Å². The first kappa shape index (κ1) is 15.0. The van der Waals surface area contributed by atoms with Gasteiger partial charge in [-0.25, -0.2) is 0 Å². The minimum atomic E-state index is -0.255. The first-order valence-corrected chi connectivity index (χ1v) is 8.14. The number of carbonyl (C=O) groups is 2. The highest BCUT2D eigenvalue weighted by Gasteiger charge is 2.34. The summed E-state index contributed by atoms with van der Waals surface area (Å²) in [7, 11) is 0. The Morgan fingerprint density at radius 1 is 1.09 bits per heavy atom. The predicted octanol–water partition coefficient (Wildman–Crippen LogP) is 4.08. The fourth-order valence-electron chi connectivity index (χ4n) is 2.02. The lowest BCUT2D eigenvalue weighted by Crippen LogP contribution is -2.27. The van der Waals surface area contributed by atoms with Gasteiger partial charge in [0, 0.05) is 16.9 Å². The van der Waals surface area contributed by atoms with Crippen LogP contribution in [0.5, 0.6) is 0 Å². The second kappa shape index (κ2) is 6.46. The summed E-state index contributed by atoms with van der Waals surface area (Å²) in [4.78, 5) is 30.1. The highest BCUT2D eigenvalue weighted by Crippen LogP contribution is 2.33. The van der Waals surface area contributed by atoms with Crippen LogP contribution in [0.3, 0.4) is 0 Å². The molecule has 0 radical (unpaired) electrons. The zero-order valence-corrected chi connectivity index (χ0v) is 13.8. The van der Waals surface area contributed by atoms with Gasteiger partial charge in [0.15, 0.2) is 0 Å². The number of aromatic nitrogens is 1. The maximum atomic E-state index is 12.4. The average molecular weight is 375 g/mol. The molecule has 1 aliphatic rings. The molecule has 0 atom stereocenters. The van der Waals surface area contributed by atoms with Gasteiger partial charge in [-0.05, 0) is 53.2 Å². The number of amides is 2. The summed E-state index contributed by atoms with van der Waals surface area (Å²) in [6.07, 6.45) is 5.02. The van der Waals surface area contributed by atoms with Crippen LogP contribution in [0, 0.1) is 0 Å². The smallest absolute Gasteiger partial charge is 0.268 e. The van der Waals surface area contributed by atoms with Gasteiger partial charge in [0.05, 0.1) is 11.4 Å². The van der Waals surface area contributed by atoms with Gasteiger partial charge >= 0.3 is 0 Å². The van der Waals surface area contributed by atoms with E-state index in [9.17, 15) is 9.59 Å². The van der Waals surface area contributed by atoms with Crippen LogP contribution in [-0.4, -0.2) is 21.0 Å². The number of thioether (sulfide) groups is 1. The van der Waals surface area contributed by atoms with Gasteiger partial charge < -0.3 is 0 Å². The lowest BCUT2D eigenvalue weighted by Gasteiger charge is -2.12. The molecule has 1 aromatic heterocycles. The van der Waals surface area contributed by atoms with Crippen molar-refractivity contribution in [3.8, 4) is 0 Å². The van der Waals surface area contributed by atoms with E-state index in [-0.39, 0.29) is 17.7 Å². The van der Waals surface area contributed by atoms with Gasteiger partial charge in [-0.2, -0.15) is 0 Å². The molecule has 0 aliphatic carbocycles. The van der Waals surface area contributed by atoms with Crippen molar-refractivity contribution in [2.24, 2.45) is 0 Å². The van der Waals surface area contributed by atoms with Crippen molar-refractivity contribution in [2.75, 3.05) is 0 Å². The van der Waals surface area contributed by atoms with E-state index in [1.807, 2.05) is 24.3 Å². The molecule has 0 saturated carbocycles. The summed E-state index contributed by atoms with van der Waals surface area (Å²) in [5, 5.41) is -0.242. The van der Waals surface area contributed by atoms with Gasteiger partial charge in [0.2, 0.25) is 0 Å². The Hall–Kier alpha value is -1.92. The first-order chi connectivity index (χ1) is 10.6. The fourth-order valence-corrected chi connectivity index (χ4v) is 3.12. The quantitative estimate of drug-likeness (QED) is 0.759. The molecule has 1 aromatic carbocycles. The molecule has 1 aliphatic heterocycles.